The Balaban J connectivity index is 1.93. The normalized spacial score (nSPS) is 20.2. The van der Waals surface area contributed by atoms with Gasteiger partial charge in [0.15, 0.2) is 30.2 Å². The van der Waals surface area contributed by atoms with Gasteiger partial charge in [-0.3, -0.25) is 20.5 Å². The number of rotatable bonds is 41. The Bertz CT molecular complexity index is 2020. The van der Waals surface area contributed by atoms with Gasteiger partial charge in [-0.15, -0.1) is 6.42 Å². The van der Waals surface area contributed by atoms with Gasteiger partial charge in [-0.1, -0.05) is 12.8 Å². The van der Waals surface area contributed by atoms with E-state index < -0.39 is 127 Å². The van der Waals surface area contributed by atoms with Crippen LogP contribution >= 0.6 is 0 Å². The Morgan fingerprint density at radius 3 is 1.39 bits per heavy atom. The standard InChI is InChI=1S/C48H82N10O22/c1-6-12-70-18-22-75-24-25-76-23-21-74-17-11-58(9-15-71-13-7-56(4)48(69)80-41(35(63)29-60)42-38(53-31(3)61)33(55-46(51)52)27-37(78-42)44(66)67)10-16-73-20-19-72-14-8-57(5)47(68)79-40(34(62)28-59)39-30(2)32(54-45(49)50)26-36(77-39)43(64)65/h1,26-27,30,32-35,38-42,59-60,62-63H,7-25,28-29H2,2-5H3,(H,53,61)(H,64,65)(H,66,67)(H4,49,50,54)(H4,51,52,55)/t30-,32+,33+,34-,35-,38-,39-,40-,41-,42-/m1/s1. The van der Waals surface area contributed by atoms with Gasteiger partial charge in [-0.2, -0.15) is 0 Å². The highest BCUT2D eigenvalue weighted by Gasteiger charge is 2.47. The molecule has 0 saturated carbocycles. The molecule has 0 saturated heterocycles. The molecule has 2 heterocycles. The number of terminal acetylenes is 1. The maximum Gasteiger partial charge on any atom is 0.410 e. The minimum atomic E-state index is -1.82. The van der Waals surface area contributed by atoms with Crippen LogP contribution < -0.4 is 27.4 Å². The summed E-state index contributed by atoms with van der Waals surface area (Å²) in [4.78, 5) is 66.7. The van der Waals surface area contributed by atoms with E-state index in [0.717, 1.165) is 22.8 Å². The zero-order valence-corrected chi connectivity index (χ0v) is 45.6. The fourth-order valence-electron chi connectivity index (χ4n) is 7.56. The average molecular weight is 1150 g/mol. The van der Waals surface area contributed by atoms with E-state index in [0.29, 0.717) is 65.9 Å². The van der Waals surface area contributed by atoms with Crippen molar-refractivity contribution < 1.29 is 107 Å². The molecule has 2 aliphatic rings. The molecule has 0 unspecified atom stereocenters. The van der Waals surface area contributed by atoms with Crippen molar-refractivity contribution in [2.24, 2.45) is 17.4 Å². The summed E-state index contributed by atoms with van der Waals surface area (Å²) in [6.07, 6.45) is -4.13. The molecule has 0 fully saturated rings. The first-order valence-electron chi connectivity index (χ1n) is 25.5. The van der Waals surface area contributed by atoms with Crippen LogP contribution in [-0.2, 0) is 66.5 Å². The molecule has 3 amide bonds. The minimum absolute atomic E-state index is 0.0127. The van der Waals surface area contributed by atoms with Gasteiger partial charge in [0.05, 0.1) is 117 Å². The number of carboxylic acid groups (broad SMARTS) is 2. The lowest BCUT2D eigenvalue weighted by Crippen LogP contribution is -2.65. The zero-order valence-electron chi connectivity index (χ0n) is 45.6. The van der Waals surface area contributed by atoms with Gasteiger partial charge < -0.3 is 120 Å². The number of amides is 3. The van der Waals surface area contributed by atoms with Gasteiger partial charge >= 0.3 is 24.1 Å². The van der Waals surface area contributed by atoms with E-state index in [4.69, 9.17) is 80.8 Å². The molecule has 0 aromatic carbocycles. The highest BCUT2D eigenvalue weighted by molar-refractivity contribution is 5.86. The van der Waals surface area contributed by atoms with Crippen LogP contribution in [0.15, 0.2) is 23.7 Å². The van der Waals surface area contributed by atoms with Crippen LogP contribution in [-0.4, -0.2) is 295 Å². The quantitative estimate of drug-likeness (QED) is 0.0118. The Hall–Kier alpha value is -6.35. The maximum absolute atomic E-state index is 13.3. The third-order valence-electron chi connectivity index (χ3n) is 11.8. The molecule has 32 heteroatoms. The zero-order chi connectivity index (χ0) is 59.6. The summed E-state index contributed by atoms with van der Waals surface area (Å²) in [7, 11) is 2.78. The molecule has 456 valence electrons. The number of hydrogen-bond acceptors (Lipinski definition) is 23. The number of ether oxygens (including phenoxy) is 11. The number of aliphatic hydroxyl groups is 4. The second kappa shape index (κ2) is 39.1. The molecule has 0 aromatic heterocycles. The number of likely N-dealkylation sites (N-methyl/N-ethyl adjacent to an activating group) is 2. The van der Waals surface area contributed by atoms with Crippen molar-refractivity contribution in [3.63, 3.8) is 0 Å². The molecule has 2 aliphatic heterocycles. The molecule has 0 radical (unpaired) electrons. The third kappa shape index (κ3) is 26.7. The number of nitrogens with zero attached hydrogens (tertiary/aromatic N) is 3. The van der Waals surface area contributed by atoms with Crippen molar-refractivity contribution in [2.75, 3.05) is 153 Å². The van der Waals surface area contributed by atoms with Crippen LogP contribution in [0.5, 0.6) is 0 Å². The predicted molar refractivity (Wildman–Crippen MR) is 279 cm³/mol. The van der Waals surface area contributed by atoms with E-state index in [2.05, 4.69) is 21.9 Å². The molecule has 0 spiro atoms. The van der Waals surface area contributed by atoms with E-state index in [1.807, 2.05) is 4.90 Å². The van der Waals surface area contributed by atoms with Crippen LogP contribution in [0.4, 0.5) is 9.59 Å². The summed E-state index contributed by atoms with van der Waals surface area (Å²) in [6.45, 7) is 5.77. The summed E-state index contributed by atoms with van der Waals surface area (Å²) in [5, 5.41) is 83.3. The highest BCUT2D eigenvalue weighted by atomic mass is 16.6. The van der Waals surface area contributed by atoms with Gasteiger partial charge in [0.2, 0.25) is 17.4 Å². The lowest BCUT2D eigenvalue weighted by atomic mass is 9.87. The molecule has 2 rings (SSSR count). The van der Waals surface area contributed by atoms with E-state index >= 15 is 0 Å². The van der Waals surface area contributed by atoms with Crippen LogP contribution in [0.3, 0.4) is 0 Å². The van der Waals surface area contributed by atoms with E-state index in [-0.39, 0.29) is 59.3 Å². The number of hydrogen-bond donors (Lipinski definition) is 13. The Morgan fingerprint density at radius 2 is 0.988 bits per heavy atom. The van der Waals surface area contributed by atoms with E-state index in [1.54, 1.807) is 6.92 Å². The van der Waals surface area contributed by atoms with Crippen molar-refractivity contribution >= 4 is 42.0 Å². The predicted octanol–water partition coefficient (Wildman–Crippen LogP) is -4.80. The number of nitrogens with two attached hydrogens (primary N) is 2. The van der Waals surface area contributed by atoms with Gasteiger partial charge in [-0.05, 0) is 12.2 Å². The first-order valence-corrected chi connectivity index (χ1v) is 25.5. The number of carbonyl (C=O) groups is 5. The Labute approximate surface area is 463 Å². The fraction of sp³-hybridized carbons (Fsp3) is 0.729. The Morgan fingerprint density at radius 1 is 0.625 bits per heavy atom. The summed E-state index contributed by atoms with van der Waals surface area (Å²) in [5.74, 6) is -4.17. The molecule has 80 heavy (non-hydrogen) atoms. The molecule has 32 nitrogen and oxygen atoms in total. The maximum atomic E-state index is 13.3. The van der Waals surface area contributed by atoms with Crippen LogP contribution in [0.2, 0.25) is 0 Å². The van der Waals surface area contributed by atoms with Crippen molar-refractivity contribution in [3.8, 4) is 12.3 Å². The summed E-state index contributed by atoms with van der Waals surface area (Å²) in [6, 6.07) is -3.26. The number of guanidine groups is 2. The largest absolute Gasteiger partial charge is 0.479 e. The Kier molecular flexibility index (Phi) is 34.1. The first kappa shape index (κ1) is 69.8. The summed E-state index contributed by atoms with van der Waals surface area (Å²) >= 11 is 0. The number of carboxylic acids is 2. The number of aliphatic carboxylic acids is 2. The second-order valence-corrected chi connectivity index (χ2v) is 17.9. The highest BCUT2D eigenvalue weighted by Crippen LogP contribution is 2.30. The van der Waals surface area contributed by atoms with Gasteiger partial charge in [-0.25, -0.2) is 19.2 Å². The molecule has 0 bridgehead atoms. The SMILES string of the molecule is C#CCOCCOCCOCCOCCN(CCOCCOCCN(C)C(=O)O[C@@H]([C@@H]1OC(C(=O)O)=C[C@H](NC(=N)N)[C@H]1C)[C@H](O)CO)CCOCCN(C)C(=O)O[C@@H]([C@@H]1OC(C(=O)O)=C[C@H](NC(=N)N)[C@H]1NC(C)=O)[C@H](O)CO. The molecule has 0 aromatic rings. The number of aliphatic hydroxyl groups excluding tert-OH is 4. The number of nitrogens with one attached hydrogen (secondary N) is 5. The monoisotopic (exact) mass is 1150 g/mol. The fourth-order valence-corrected chi connectivity index (χ4v) is 7.56. The van der Waals surface area contributed by atoms with Crippen molar-refractivity contribution in [1.29, 1.82) is 10.8 Å². The lowest BCUT2D eigenvalue weighted by Gasteiger charge is -2.41. The van der Waals surface area contributed by atoms with Crippen molar-refractivity contribution in [3.05, 3.63) is 23.7 Å². The smallest absolute Gasteiger partial charge is 0.410 e. The molecular formula is C48H82N10O22. The van der Waals surface area contributed by atoms with Gasteiger partial charge in [0.25, 0.3) is 0 Å². The van der Waals surface area contributed by atoms with Crippen LogP contribution in [0, 0.1) is 29.1 Å². The molecule has 15 N–H and O–H groups in total. The third-order valence-corrected chi connectivity index (χ3v) is 11.8. The number of carbonyl (C=O) groups excluding carboxylic acids is 3. The van der Waals surface area contributed by atoms with Crippen LogP contribution in [0.25, 0.3) is 0 Å². The molecule has 10 atom stereocenters. The lowest BCUT2D eigenvalue weighted by molar-refractivity contribution is -0.148. The minimum Gasteiger partial charge on any atom is -0.479 e. The first-order chi connectivity index (χ1) is 38.1. The van der Waals surface area contributed by atoms with Crippen LogP contribution in [0.1, 0.15) is 13.8 Å². The second-order valence-electron chi connectivity index (χ2n) is 17.9. The summed E-state index contributed by atoms with van der Waals surface area (Å²) < 4.78 is 61.4. The van der Waals surface area contributed by atoms with E-state index in [9.17, 15) is 54.6 Å². The van der Waals surface area contributed by atoms with Crippen molar-refractivity contribution in [2.45, 2.75) is 68.6 Å². The average Bonchev–Trinajstić information content (AvgIpc) is 3.53. The van der Waals surface area contributed by atoms with E-state index in [1.165, 1.54) is 20.2 Å². The molecule has 0 aliphatic carbocycles. The topological polar surface area (TPSA) is 454 Å². The molecular weight excluding hydrogens is 1070 g/mol. The van der Waals surface area contributed by atoms with Gasteiger partial charge in [0, 0.05) is 59.7 Å². The van der Waals surface area contributed by atoms with Crippen molar-refractivity contribution in [1.82, 2.24) is 30.7 Å². The van der Waals surface area contributed by atoms with Gasteiger partial charge in [0.1, 0.15) is 24.9 Å². The summed E-state index contributed by atoms with van der Waals surface area (Å²) in [5.41, 5.74) is 11.0.